The number of likely N-dealkylation sites (tertiary alicyclic amines) is 1. The molecule has 1 saturated heterocycles. The fourth-order valence-electron chi connectivity index (χ4n) is 3.47. The fraction of sp³-hybridized carbons (Fsp3) is 0.550. The molecular weight excluding hydrogens is 342 g/mol. The first kappa shape index (κ1) is 20.7. The Morgan fingerprint density at radius 2 is 2.00 bits per heavy atom. The molecule has 0 spiro atoms. The molecule has 0 radical (unpaired) electrons. The lowest BCUT2D eigenvalue weighted by atomic mass is 9.84. The van der Waals surface area contributed by atoms with E-state index in [1.165, 1.54) is 11.9 Å². The first-order chi connectivity index (χ1) is 12.8. The molecule has 4 N–H and O–H groups in total. The van der Waals surface area contributed by atoms with Crippen LogP contribution in [0.3, 0.4) is 0 Å². The Labute approximate surface area is 161 Å². The fourth-order valence-corrected chi connectivity index (χ4v) is 3.47. The third-order valence-corrected chi connectivity index (χ3v) is 5.42. The number of nitrogens with one attached hydrogen (secondary N) is 2. The number of carbonyl (C=O) groups excluding carboxylic acids is 2. The summed E-state index contributed by atoms with van der Waals surface area (Å²) in [5, 5.41) is 10.4. The number of amides is 3. The summed E-state index contributed by atoms with van der Waals surface area (Å²) >= 11 is 0. The van der Waals surface area contributed by atoms with E-state index in [0.29, 0.717) is 13.0 Å². The third-order valence-electron chi connectivity index (χ3n) is 5.42. The number of rotatable bonds is 5. The maximum Gasteiger partial charge on any atom is 0.317 e. The van der Waals surface area contributed by atoms with Crippen LogP contribution in [-0.4, -0.2) is 47.8 Å². The number of benzene rings is 1. The van der Waals surface area contributed by atoms with Crippen LogP contribution in [0.4, 0.5) is 4.79 Å². The summed E-state index contributed by atoms with van der Waals surface area (Å²) in [5.41, 5.74) is 6.45. The Bertz CT molecular complexity index is 664. The number of piperidine rings is 1. The third kappa shape index (κ3) is 5.70. The van der Waals surface area contributed by atoms with Crippen LogP contribution in [0.15, 0.2) is 30.3 Å². The van der Waals surface area contributed by atoms with Gasteiger partial charge in [0.15, 0.2) is 5.96 Å². The van der Waals surface area contributed by atoms with Crippen LogP contribution in [0, 0.1) is 17.2 Å². The van der Waals surface area contributed by atoms with Crippen molar-refractivity contribution >= 4 is 17.9 Å². The van der Waals surface area contributed by atoms with Gasteiger partial charge in [0.1, 0.15) is 0 Å². The van der Waals surface area contributed by atoms with Crippen LogP contribution in [0.25, 0.3) is 0 Å². The number of carbonyl (C=O) groups is 2. The van der Waals surface area contributed by atoms with Gasteiger partial charge in [-0.25, -0.2) is 4.79 Å². The lowest BCUT2D eigenvalue weighted by Crippen LogP contribution is -2.47. The molecule has 148 valence electrons. The van der Waals surface area contributed by atoms with Gasteiger partial charge in [0.05, 0.1) is 6.04 Å². The molecule has 0 saturated carbocycles. The van der Waals surface area contributed by atoms with Gasteiger partial charge >= 0.3 is 6.03 Å². The van der Waals surface area contributed by atoms with Crippen molar-refractivity contribution in [3.05, 3.63) is 35.9 Å². The zero-order valence-electron chi connectivity index (χ0n) is 16.4. The van der Waals surface area contributed by atoms with Gasteiger partial charge in [0, 0.05) is 26.6 Å². The maximum atomic E-state index is 12.7. The highest BCUT2D eigenvalue weighted by Crippen LogP contribution is 2.27. The minimum absolute atomic E-state index is 0.0534. The second-order valence-corrected chi connectivity index (χ2v) is 7.45. The predicted octanol–water partition coefficient (Wildman–Crippen LogP) is 2.55. The zero-order chi connectivity index (χ0) is 20.0. The first-order valence-electron chi connectivity index (χ1n) is 9.50. The van der Waals surface area contributed by atoms with Crippen LogP contribution < -0.4 is 11.1 Å². The quantitative estimate of drug-likeness (QED) is 0.546. The molecule has 7 nitrogen and oxygen atoms in total. The molecule has 1 aromatic rings. The van der Waals surface area contributed by atoms with E-state index >= 15 is 0 Å². The monoisotopic (exact) mass is 373 g/mol. The number of urea groups is 1. The van der Waals surface area contributed by atoms with Gasteiger partial charge in [-0.2, -0.15) is 0 Å². The molecule has 27 heavy (non-hydrogen) atoms. The molecule has 1 heterocycles. The van der Waals surface area contributed by atoms with Gasteiger partial charge < -0.3 is 16.0 Å². The Balaban J connectivity index is 1.89. The highest BCUT2D eigenvalue weighted by atomic mass is 16.2. The van der Waals surface area contributed by atoms with E-state index in [9.17, 15) is 9.59 Å². The van der Waals surface area contributed by atoms with Crippen molar-refractivity contribution in [2.24, 2.45) is 17.6 Å². The molecule has 1 fully saturated rings. The number of hydrogen-bond donors (Lipinski definition) is 3. The second kappa shape index (κ2) is 9.39. The average Bonchev–Trinajstić information content (AvgIpc) is 2.67. The number of nitrogens with zero attached hydrogens (tertiary/aromatic N) is 2. The molecule has 3 amide bonds. The predicted molar refractivity (Wildman–Crippen MR) is 106 cm³/mol. The highest BCUT2D eigenvalue weighted by Gasteiger charge is 2.29. The van der Waals surface area contributed by atoms with E-state index < -0.39 is 0 Å². The van der Waals surface area contributed by atoms with E-state index in [0.717, 1.165) is 24.9 Å². The van der Waals surface area contributed by atoms with Crippen LogP contribution in [-0.2, 0) is 4.79 Å². The molecule has 2 rings (SSSR count). The lowest BCUT2D eigenvalue weighted by molar-refractivity contribution is -0.127. The van der Waals surface area contributed by atoms with Crippen LogP contribution in [0.1, 0.15) is 44.7 Å². The number of hydrogen-bond acceptors (Lipinski definition) is 3. The Hall–Kier alpha value is -2.57. The number of nitrogens with two attached hydrogens (primary N) is 1. The summed E-state index contributed by atoms with van der Waals surface area (Å²) < 4.78 is 0. The minimum Gasteiger partial charge on any atom is -0.370 e. The Morgan fingerprint density at radius 1 is 1.33 bits per heavy atom. The van der Waals surface area contributed by atoms with Crippen molar-refractivity contribution in [1.82, 2.24) is 15.1 Å². The van der Waals surface area contributed by atoms with E-state index in [-0.39, 0.29) is 35.8 Å². The van der Waals surface area contributed by atoms with Crippen LogP contribution in [0.5, 0.6) is 0 Å². The lowest BCUT2D eigenvalue weighted by Gasteiger charge is -2.36. The molecule has 1 aromatic carbocycles. The molecule has 3 atom stereocenters. The van der Waals surface area contributed by atoms with Crippen molar-refractivity contribution in [3.8, 4) is 0 Å². The molecule has 0 aromatic heterocycles. The van der Waals surface area contributed by atoms with Crippen molar-refractivity contribution in [2.45, 2.75) is 39.2 Å². The summed E-state index contributed by atoms with van der Waals surface area (Å²) in [6.07, 6.45) is 2.26. The second-order valence-electron chi connectivity index (χ2n) is 7.45. The van der Waals surface area contributed by atoms with Crippen LogP contribution in [0.2, 0.25) is 0 Å². The largest absolute Gasteiger partial charge is 0.370 e. The molecular formula is C20H31N5O2. The van der Waals surface area contributed by atoms with Crippen molar-refractivity contribution < 1.29 is 9.59 Å². The van der Waals surface area contributed by atoms with Gasteiger partial charge in [-0.1, -0.05) is 37.3 Å². The summed E-state index contributed by atoms with van der Waals surface area (Å²) in [6.45, 7) is 5.39. The van der Waals surface area contributed by atoms with Gasteiger partial charge in [-0.3, -0.25) is 15.1 Å². The number of guanidine groups is 1. The maximum absolute atomic E-state index is 12.7. The smallest absolute Gasteiger partial charge is 0.317 e. The van der Waals surface area contributed by atoms with E-state index in [2.05, 4.69) is 5.32 Å². The highest BCUT2D eigenvalue weighted by molar-refractivity contribution is 5.94. The standard InChI is InChI=1S/C20H31N5O2/c1-14(12-18(26)24(3)19(21)22)17-10-7-11-25(13-17)20(27)23-15(2)16-8-5-4-6-9-16/h4-6,8-9,14-15,17H,7,10-13H2,1-3H3,(H3,21,22)(H,23,27)/t14-,15+,17?/m1/s1. The van der Waals surface area contributed by atoms with E-state index in [1.807, 2.05) is 49.1 Å². The van der Waals surface area contributed by atoms with Gasteiger partial charge in [0.25, 0.3) is 0 Å². The Kier molecular flexibility index (Phi) is 7.21. The Morgan fingerprint density at radius 3 is 2.63 bits per heavy atom. The summed E-state index contributed by atoms with van der Waals surface area (Å²) in [4.78, 5) is 27.9. The average molecular weight is 374 g/mol. The topological polar surface area (TPSA) is 103 Å². The molecule has 1 aliphatic heterocycles. The molecule has 1 aliphatic rings. The molecule has 0 bridgehead atoms. The summed E-state index contributed by atoms with van der Waals surface area (Å²) in [5.74, 6) is -0.0108. The van der Waals surface area contributed by atoms with Gasteiger partial charge in [-0.05, 0) is 37.2 Å². The van der Waals surface area contributed by atoms with Crippen molar-refractivity contribution in [3.63, 3.8) is 0 Å². The normalized spacial score (nSPS) is 19.1. The molecule has 0 aliphatic carbocycles. The first-order valence-corrected chi connectivity index (χ1v) is 9.50. The van der Waals surface area contributed by atoms with Crippen molar-refractivity contribution in [2.75, 3.05) is 20.1 Å². The molecule has 1 unspecified atom stereocenters. The van der Waals surface area contributed by atoms with E-state index in [4.69, 9.17) is 11.1 Å². The van der Waals surface area contributed by atoms with Crippen LogP contribution >= 0.6 is 0 Å². The minimum atomic E-state index is -0.244. The van der Waals surface area contributed by atoms with Gasteiger partial charge in [-0.15, -0.1) is 0 Å². The van der Waals surface area contributed by atoms with Gasteiger partial charge in [0.2, 0.25) is 5.91 Å². The van der Waals surface area contributed by atoms with E-state index in [1.54, 1.807) is 0 Å². The molecule has 7 heteroatoms. The summed E-state index contributed by atoms with van der Waals surface area (Å²) in [6, 6.07) is 9.78. The SMILES string of the molecule is C[C@H](NC(=O)N1CCCC([C@H](C)CC(=O)N(C)C(=N)N)C1)c1ccccc1. The van der Waals surface area contributed by atoms with Crippen molar-refractivity contribution in [1.29, 1.82) is 5.41 Å². The summed E-state index contributed by atoms with van der Waals surface area (Å²) in [7, 11) is 1.52. The zero-order valence-corrected chi connectivity index (χ0v) is 16.4.